The third-order valence-electron chi connectivity index (χ3n) is 2.36. The van der Waals surface area contributed by atoms with Gasteiger partial charge >= 0.3 is 6.36 Å². The number of methoxy groups -OCH3 is 1. The number of alkyl halides is 3. The van der Waals surface area contributed by atoms with Crippen LogP contribution in [0.25, 0.3) is 11.3 Å². The van der Waals surface area contributed by atoms with E-state index in [0.29, 0.717) is 17.0 Å². The van der Waals surface area contributed by atoms with Crippen molar-refractivity contribution in [1.29, 1.82) is 0 Å². The summed E-state index contributed by atoms with van der Waals surface area (Å²) in [7, 11) is 1.53. The minimum Gasteiger partial charge on any atom is -0.495 e. The highest BCUT2D eigenvalue weighted by Crippen LogP contribution is 2.26. The van der Waals surface area contributed by atoms with Gasteiger partial charge in [0, 0.05) is 5.56 Å². The average Bonchev–Trinajstić information content (AvgIpc) is 2.38. The summed E-state index contributed by atoms with van der Waals surface area (Å²) in [4.78, 5) is 4.14. The number of halogens is 3. The minimum atomic E-state index is -4.68. The lowest BCUT2D eigenvalue weighted by Gasteiger charge is -2.09. The van der Waals surface area contributed by atoms with Crippen molar-refractivity contribution in [3.8, 4) is 22.8 Å². The largest absolute Gasteiger partial charge is 0.573 e. The van der Waals surface area contributed by atoms with Crippen molar-refractivity contribution >= 4 is 0 Å². The lowest BCUT2D eigenvalue weighted by Crippen LogP contribution is -2.16. The maximum atomic E-state index is 12.0. The number of ether oxygens (including phenoxy) is 2. The van der Waals surface area contributed by atoms with E-state index in [9.17, 15) is 13.2 Å². The second kappa shape index (κ2) is 5.17. The van der Waals surface area contributed by atoms with Crippen molar-refractivity contribution in [3.63, 3.8) is 0 Å². The Kier molecular flexibility index (Phi) is 3.59. The van der Waals surface area contributed by atoms with Crippen molar-refractivity contribution in [2.45, 2.75) is 6.36 Å². The second-order valence-corrected chi connectivity index (χ2v) is 3.66. The van der Waals surface area contributed by atoms with Crippen molar-refractivity contribution in [3.05, 3.63) is 42.6 Å². The Morgan fingerprint density at radius 1 is 0.947 bits per heavy atom. The third-order valence-corrected chi connectivity index (χ3v) is 2.36. The first-order chi connectivity index (χ1) is 8.98. The van der Waals surface area contributed by atoms with Gasteiger partial charge in [0.15, 0.2) is 0 Å². The van der Waals surface area contributed by atoms with Crippen LogP contribution in [0.15, 0.2) is 42.6 Å². The molecule has 0 atom stereocenters. The van der Waals surface area contributed by atoms with Crippen LogP contribution in [-0.2, 0) is 0 Å². The van der Waals surface area contributed by atoms with Gasteiger partial charge in [-0.15, -0.1) is 13.2 Å². The summed E-state index contributed by atoms with van der Waals surface area (Å²) in [6.45, 7) is 0. The first-order valence-electron chi connectivity index (χ1n) is 5.34. The number of hydrogen-bond donors (Lipinski definition) is 0. The summed E-state index contributed by atoms with van der Waals surface area (Å²) in [6.07, 6.45) is -3.14. The Morgan fingerprint density at radius 2 is 1.58 bits per heavy atom. The molecule has 2 aromatic rings. The fraction of sp³-hybridized carbons (Fsp3) is 0.154. The van der Waals surface area contributed by atoms with E-state index in [0.717, 1.165) is 0 Å². The van der Waals surface area contributed by atoms with Gasteiger partial charge in [-0.1, -0.05) is 0 Å². The van der Waals surface area contributed by atoms with Gasteiger partial charge in [0.25, 0.3) is 0 Å². The predicted molar refractivity (Wildman–Crippen MR) is 62.9 cm³/mol. The molecule has 0 saturated carbocycles. The molecule has 0 aliphatic rings. The summed E-state index contributed by atoms with van der Waals surface area (Å²) in [5.74, 6) is 0.352. The van der Waals surface area contributed by atoms with Crippen molar-refractivity contribution in [2.24, 2.45) is 0 Å². The maximum Gasteiger partial charge on any atom is 0.573 e. The van der Waals surface area contributed by atoms with Gasteiger partial charge in [-0.25, -0.2) is 0 Å². The quantitative estimate of drug-likeness (QED) is 0.852. The number of pyridine rings is 1. The average molecular weight is 269 g/mol. The number of aromatic nitrogens is 1. The van der Waals surface area contributed by atoms with Crippen molar-refractivity contribution in [1.82, 2.24) is 4.98 Å². The molecule has 100 valence electrons. The molecule has 1 aromatic carbocycles. The molecule has 0 N–H and O–H groups in total. The summed E-state index contributed by atoms with van der Waals surface area (Å²) >= 11 is 0. The van der Waals surface area contributed by atoms with E-state index in [1.165, 1.54) is 37.6 Å². The second-order valence-electron chi connectivity index (χ2n) is 3.66. The highest BCUT2D eigenvalue weighted by molar-refractivity contribution is 5.60. The summed E-state index contributed by atoms with van der Waals surface area (Å²) in [6, 6.07) is 8.95. The third kappa shape index (κ3) is 3.61. The predicted octanol–water partition coefficient (Wildman–Crippen LogP) is 3.66. The van der Waals surface area contributed by atoms with Gasteiger partial charge in [-0.2, -0.15) is 0 Å². The molecule has 0 fully saturated rings. The molecule has 1 heterocycles. The number of nitrogens with zero attached hydrogens (tertiary/aromatic N) is 1. The minimum absolute atomic E-state index is 0.259. The molecule has 0 radical (unpaired) electrons. The summed E-state index contributed by atoms with van der Waals surface area (Å²) < 4.78 is 44.8. The van der Waals surface area contributed by atoms with Crippen molar-refractivity contribution < 1.29 is 22.6 Å². The molecular weight excluding hydrogens is 259 g/mol. The Hall–Kier alpha value is -2.24. The summed E-state index contributed by atoms with van der Waals surface area (Å²) in [5.41, 5.74) is 1.33. The van der Waals surface area contributed by atoms with Crippen LogP contribution in [-0.4, -0.2) is 18.5 Å². The van der Waals surface area contributed by atoms with Crippen LogP contribution in [0.5, 0.6) is 11.5 Å². The molecule has 2 rings (SSSR count). The molecule has 0 amide bonds. The number of benzene rings is 1. The standard InChI is InChI=1S/C13H10F3NO2/c1-18-11-6-7-12(17-8-11)9-2-4-10(5-3-9)19-13(14,15)16/h2-8H,1H3. The Balaban J connectivity index is 2.17. The van der Waals surface area contributed by atoms with Crippen LogP contribution >= 0.6 is 0 Å². The van der Waals surface area contributed by atoms with Gasteiger partial charge in [0.05, 0.1) is 19.0 Å². The normalized spacial score (nSPS) is 11.2. The van der Waals surface area contributed by atoms with E-state index in [1.807, 2.05) is 0 Å². The van der Waals surface area contributed by atoms with Gasteiger partial charge in [0.2, 0.25) is 0 Å². The van der Waals surface area contributed by atoms with Crippen molar-refractivity contribution in [2.75, 3.05) is 7.11 Å². The van der Waals surface area contributed by atoms with Crippen LogP contribution < -0.4 is 9.47 Å². The van der Waals surface area contributed by atoms with E-state index in [2.05, 4.69) is 9.72 Å². The zero-order valence-corrected chi connectivity index (χ0v) is 9.94. The molecule has 0 spiro atoms. The highest BCUT2D eigenvalue weighted by Gasteiger charge is 2.30. The first-order valence-corrected chi connectivity index (χ1v) is 5.34. The lowest BCUT2D eigenvalue weighted by molar-refractivity contribution is -0.274. The molecule has 0 aliphatic carbocycles. The molecule has 19 heavy (non-hydrogen) atoms. The van der Waals surface area contributed by atoms with Crippen LogP contribution in [0.4, 0.5) is 13.2 Å². The molecule has 1 aromatic heterocycles. The van der Waals surface area contributed by atoms with E-state index in [-0.39, 0.29) is 5.75 Å². The van der Waals surface area contributed by atoms with E-state index in [1.54, 1.807) is 12.1 Å². The Labute approximate surface area is 107 Å². The Bertz CT molecular complexity index is 535. The van der Waals surface area contributed by atoms with E-state index >= 15 is 0 Å². The molecule has 3 nitrogen and oxygen atoms in total. The molecular formula is C13H10F3NO2. The fourth-order valence-electron chi connectivity index (χ4n) is 1.50. The van der Waals surface area contributed by atoms with Gasteiger partial charge in [-0.05, 0) is 36.4 Å². The topological polar surface area (TPSA) is 31.4 Å². The van der Waals surface area contributed by atoms with E-state index in [4.69, 9.17) is 4.74 Å². The molecule has 6 heteroatoms. The number of hydrogen-bond acceptors (Lipinski definition) is 3. The van der Waals surface area contributed by atoms with Gasteiger partial charge < -0.3 is 9.47 Å². The molecule has 0 unspecified atom stereocenters. The highest BCUT2D eigenvalue weighted by atomic mass is 19.4. The molecule has 0 saturated heterocycles. The SMILES string of the molecule is COc1ccc(-c2ccc(OC(F)(F)F)cc2)nc1. The van der Waals surface area contributed by atoms with Gasteiger partial charge in [0.1, 0.15) is 11.5 Å². The smallest absolute Gasteiger partial charge is 0.495 e. The van der Waals surface area contributed by atoms with Crippen LogP contribution in [0.1, 0.15) is 0 Å². The van der Waals surface area contributed by atoms with Crippen LogP contribution in [0.3, 0.4) is 0 Å². The van der Waals surface area contributed by atoms with E-state index < -0.39 is 6.36 Å². The lowest BCUT2D eigenvalue weighted by atomic mass is 10.1. The first kappa shape index (κ1) is 13.2. The summed E-state index contributed by atoms with van der Waals surface area (Å²) in [5, 5.41) is 0. The monoisotopic (exact) mass is 269 g/mol. The van der Waals surface area contributed by atoms with Crippen LogP contribution in [0.2, 0.25) is 0 Å². The molecule has 0 aliphatic heterocycles. The van der Waals surface area contributed by atoms with Gasteiger partial charge in [-0.3, -0.25) is 4.98 Å². The molecule has 0 bridgehead atoms. The maximum absolute atomic E-state index is 12.0. The zero-order chi connectivity index (χ0) is 13.9. The van der Waals surface area contributed by atoms with Crippen LogP contribution in [0, 0.1) is 0 Å². The Morgan fingerprint density at radius 3 is 2.05 bits per heavy atom. The fourth-order valence-corrected chi connectivity index (χ4v) is 1.50. The number of rotatable bonds is 3. The zero-order valence-electron chi connectivity index (χ0n) is 9.94.